The van der Waals surface area contributed by atoms with Crippen molar-refractivity contribution in [1.29, 1.82) is 0 Å². The summed E-state index contributed by atoms with van der Waals surface area (Å²) in [6.45, 7) is 3.79. The number of ether oxygens (including phenoxy) is 1. The lowest BCUT2D eigenvalue weighted by molar-refractivity contribution is -0.117. The fraction of sp³-hybridized carbons (Fsp3) is 0.190. The van der Waals surface area contributed by atoms with Gasteiger partial charge in [-0.25, -0.2) is 4.98 Å². The molecule has 3 aromatic rings. The molecular weight excluding hydrogens is 408 g/mol. The van der Waals surface area contributed by atoms with E-state index >= 15 is 0 Å². The van der Waals surface area contributed by atoms with Gasteiger partial charge < -0.3 is 9.84 Å². The van der Waals surface area contributed by atoms with Crippen molar-refractivity contribution in [3.63, 3.8) is 0 Å². The number of benzene rings is 1. The second kappa shape index (κ2) is 7.46. The van der Waals surface area contributed by atoms with Gasteiger partial charge in [-0.15, -0.1) is 22.7 Å². The molecule has 4 rings (SSSR count). The number of aryl methyl sites for hydroxylation is 2. The van der Waals surface area contributed by atoms with Gasteiger partial charge in [0, 0.05) is 4.88 Å². The average molecular weight is 427 g/mol. The average Bonchev–Trinajstić information content (AvgIpc) is 3.42. The highest BCUT2D eigenvalue weighted by Gasteiger charge is 2.46. The number of ketones is 1. The van der Waals surface area contributed by atoms with Crippen molar-refractivity contribution < 1.29 is 19.4 Å². The van der Waals surface area contributed by atoms with E-state index in [2.05, 4.69) is 4.98 Å². The minimum absolute atomic E-state index is 0.0631. The van der Waals surface area contributed by atoms with Gasteiger partial charge in [0.1, 0.15) is 5.75 Å². The fourth-order valence-corrected chi connectivity index (χ4v) is 4.85. The number of Topliss-reactive ketones (excluding diaryl/α,β-unsaturated/α-hetero) is 1. The zero-order valence-electron chi connectivity index (χ0n) is 16.0. The van der Waals surface area contributed by atoms with E-state index in [1.807, 2.05) is 13.8 Å². The molecule has 1 aliphatic heterocycles. The Morgan fingerprint density at radius 1 is 1.21 bits per heavy atom. The minimum Gasteiger partial charge on any atom is -0.503 e. The maximum atomic E-state index is 13.2. The molecule has 29 heavy (non-hydrogen) atoms. The lowest BCUT2D eigenvalue weighted by Gasteiger charge is -2.24. The number of aliphatic hydroxyl groups excluding tert-OH is 1. The molecule has 8 heteroatoms. The predicted octanol–water partition coefficient (Wildman–Crippen LogP) is 4.61. The summed E-state index contributed by atoms with van der Waals surface area (Å²) >= 11 is 2.63. The van der Waals surface area contributed by atoms with E-state index in [1.54, 1.807) is 48.9 Å². The van der Waals surface area contributed by atoms with E-state index in [4.69, 9.17) is 4.74 Å². The van der Waals surface area contributed by atoms with Crippen LogP contribution >= 0.6 is 22.7 Å². The molecule has 1 aromatic carbocycles. The van der Waals surface area contributed by atoms with Crippen LogP contribution in [0, 0.1) is 13.8 Å². The third-order valence-corrected chi connectivity index (χ3v) is 6.79. The molecular formula is C21H18N2O4S2. The molecule has 0 spiro atoms. The summed E-state index contributed by atoms with van der Waals surface area (Å²) < 4.78 is 5.22. The molecule has 6 nitrogen and oxygen atoms in total. The number of hydrogen-bond acceptors (Lipinski definition) is 7. The highest BCUT2D eigenvalue weighted by Crippen LogP contribution is 2.44. The van der Waals surface area contributed by atoms with Crippen molar-refractivity contribution in [2.75, 3.05) is 12.0 Å². The van der Waals surface area contributed by atoms with Crippen LogP contribution in [0.2, 0.25) is 0 Å². The molecule has 0 unspecified atom stereocenters. The Bertz CT molecular complexity index is 1090. The van der Waals surface area contributed by atoms with Crippen LogP contribution in [-0.2, 0) is 4.79 Å². The van der Waals surface area contributed by atoms with Crippen molar-refractivity contribution in [2.24, 2.45) is 0 Å². The molecule has 3 heterocycles. The molecule has 0 saturated heterocycles. The standard InChI is InChI=1S/C21H18N2O4S2/c1-11-12(2)29-21(22-11)23-17(13-6-8-14(27-3)9-7-13)16(19(25)20(23)26)18(24)15-5-4-10-28-15/h4-10,17,25H,1-3H3/t17-/m0/s1. The molecule has 1 atom stereocenters. The summed E-state index contributed by atoms with van der Waals surface area (Å²) in [4.78, 5) is 33.6. The second-order valence-electron chi connectivity index (χ2n) is 6.56. The van der Waals surface area contributed by atoms with Crippen molar-refractivity contribution in [3.8, 4) is 5.75 Å². The summed E-state index contributed by atoms with van der Waals surface area (Å²) in [6.07, 6.45) is 0. The first kappa shape index (κ1) is 19.4. The molecule has 0 saturated carbocycles. The molecule has 1 amide bonds. The number of aliphatic hydroxyl groups is 1. The number of thiophene rings is 1. The van der Waals surface area contributed by atoms with E-state index in [0.29, 0.717) is 21.3 Å². The quantitative estimate of drug-likeness (QED) is 0.603. The van der Waals surface area contributed by atoms with Gasteiger partial charge in [0.25, 0.3) is 5.91 Å². The SMILES string of the molecule is COc1ccc([C@H]2C(C(=O)c3cccs3)=C(O)C(=O)N2c2nc(C)c(C)s2)cc1. The summed E-state index contributed by atoms with van der Waals surface area (Å²) in [6, 6.07) is 9.78. The molecule has 1 aliphatic rings. The summed E-state index contributed by atoms with van der Waals surface area (Å²) in [5, 5.41) is 12.9. The first-order chi connectivity index (χ1) is 13.9. The number of anilines is 1. The third kappa shape index (κ3) is 3.24. The topological polar surface area (TPSA) is 79.7 Å². The zero-order chi connectivity index (χ0) is 20.7. The number of carbonyl (C=O) groups is 2. The maximum absolute atomic E-state index is 13.2. The van der Waals surface area contributed by atoms with Crippen LogP contribution in [0.15, 0.2) is 53.1 Å². The van der Waals surface area contributed by atoms with Crippen LogP contribution in [0.1, 0.15) is 31.8 Å². The van der Waals surface area contributed by atoms with Gasteiger partial charge in [-0.05, 0) is 43.0 Å². The molecule has 0 fully saturated rings. The lowest BCUT2D eigenvalue weighted by Crippen LogP contribution is -2.31. The number of methoxy groups -OCH3 is 1. The molecule has 0 bridgehead atoms. The van der Waals surface area contributed by atoms with E-state index in [-0.39, 0.29) is 11.4 Å². The number of rotatable bonds is 5. The third-order valence-electron chi connectivity index (χ3n) is 4.85. The van der Waals surface area contributed by atoms with Crippen LogP contribution in [0.25, 0.3) is 0 Å². The number of hydrogen-bond donors (Lipinski definition) is 1. The van der Waals surface area contributed by atoms with Gasteiger partial charge >= 0.3 is 0 Å². The normalized spacial score (nSPS) is 16.6. The van der Waals surface area contributed by atoms with Crippen LogP contribution in [-0.4, -0.2) is 28.9 Å². The van der Waals surface area contributed by atoms with Crippen LogP contribution in [0.3, 0.4) is 0 Å². The van der Waals surface area contributed by atoms with E-state index in [0.717, 1.165) is 10.6 Å². The maximum Gasteiger partial charge on any atom is 0.296 e. The van der Waals surface area contributed by atoms with Crippen molar-refractivity contribution in [2.45, 2.75) is 19.9 Å². The van der Waals surface area contributed by atoms with Gasteiger partial charge in [-0.3, -0.25) is 14.5 Å². The van der Waals surface area contributed by atoms with Gasteiger partial charge in [-0.1, -0.05) is 18.2 Å². The van der Waals surface area contributed by atoms with E-state index < -0.39 is 17.7 Å². The Labute approximate surface area is 175 Å². The van der Waals surface area contributed by atoms with E-state index in [9.17, 15) is 14.7 Å². The number of nitrogens with zero attached hydrogens (tertiary/aromatic N) is 2. The predicted molar refractivity (Wildman–Crippen MR) is 113 cm³/mol. The summed E-state index contributed by atoms with van der Waals surface area (Å²) in [5.74, 6) is -0.863. The summed E-state index contributed by atoms with van der Waals surface area (Å²) in [5.41, 5.74) is 1.56. The minimum atomic E-state index is -0.770. The number of aromatic nitrogens is 1. The number of carbonyl (C=O) groups excluding carboxylic acids is 2. The first-order valence-corrected chi connectivity index (χ1v) is 10.5. The Hall–Kier alpha value is -2.97. The molecule has 2 aromatic heterocycles. The van der Waals surface area contributed by atoms with Crippen molar-refractivity contribution in [3.05, 3.63) is 74.1 Å². The highest BCUT2D eigenvalue weighted by molar-refractivity contribution is 7.16. The molecule has 0 aliphatic carbocycles. The molecule has 1 N–H and O–H groups in total. The highest BCUT2D eigenvalue weighted by atomic mass is 32.1. The van der Waals surface area contributed by atoms with Crippen molar-refractivity contribution in [1.82, 2.24) is 4.98 Å². The van der Waals surface area contributed by atoms with Crippen LogP contribution < -0.4 is 9.64 Å². The first-order valence-electron chi connectivity index (χ1n) is 8.85. The van der Waals surface area contributed by atoms with E-state index in [1.165, 1.54) is 27.6 Å². The van der Waals surface area contributed by atoms with Gasteiger partial charge in [-0.2, -0.15) is 0 Å². The largest absolute Gasteiger partial charge is 0.503 e. The second-order valence-corrected chi connectivity index (χ2v) is 8.69. The van der Waals surface area contributed by atoms with Crippen LogP contribution in [0.4, 0.5) is 5.13 Å². The monoisotopic (exact) mass is 426 g/mol. The Balaban J connectivity index is 1.87. The number of amides is 1. The lowest BCUT2D eigenvalue weighted by atomic mass is 9.95. The fourth-order valence-electron chi connectivity index (χ4n) is 3.24. The molecule has 148 valence electrons. The van der Waals surface area contributed by atoms with Crippen LogP contribution in [0.5, 0.6) is 5.75 Å². The molecule has 0 radical (unpaired) electrons. The Morgan fingerprint density at radius 3 is 2.48 bits per heavy atom. The zero-order valence-corrected chi connectivity index (χ0v) is 17.6. The smallest absolute Gasteiger partial charge is 0.296 e. The number of thiazole rings is 1. The van der Waals surface area contributed by atoms with Gasteiger partial charge in [0.2, 0.25) is 5.78 Å². The van der Waals surface area contributed by atoms with Crippen molar-refractivity contribution >= 4 is 39.5 Å². The summed E-state index contributed by atoms with van der Waals surface area (Å²) in [7, 11) is 1.57. The van der Waals surface area contributed by atoms with Gasteiger partial charge in [0.15, 0.2) is 10.9 Å². The Kier molecular flexibility index (Phi) is 4.97. The Morgan fingerprint density at radius 2 is 1.93 bits per heavy atom. The van der Waals surface area contributed by atoms with Gasteiger partial charge in [0.05, 0.1) is 29.3 Å².